The number of hydrogen-bond donors (Lipinski definition) is 1. The molecule has 1 aromatic carbocycles. The molecule has 2 amide bonds. The maximum atomic E-state index is 12.7. The first-order valence-corrected chi connectivity index (χ1v) is 10.5. The number of ether oxygens (including phenoxy) is 1. The topological polar surface area (TPSA) is 48.1 Å². The second kappa shape index (κ2) is 11.3. The number of likely N-dealkylation sites (tertiary alicyclic amines) is 1. The van der Waals surface area contributed by atoms with Crippen molar-refractivity contribution in [2.45, 2.75) is 45.2 Å². The zero-order chi connectivity index (χ0) is 20.5. The second-order valence-corrected chi connectivity index (χ2v) is 8.27. The van der Waals surface area contributed by atoms with E-state index in [0.29, 0.717) is 6.04 Å². The minimum absolute atomic E-state index is 0.0773. The van der Waals surface area contributed by atoms with Crippen LogP contribution in [-0.4, -0.2) is 86.7 Å². The molecule has 1 fully saturated rings. The Bertz CT molecular complexity index is 581. The molecule has 6 nitrogen and oxygen atoms in total. The zero-order valence-electron chi connectivity index (χ0n) is 18.3. The Morgan fingerprint density at radius 2 is 1.82 bits per heavy atom. The van der Waals surface area contributed by atoms with E-state index in [1.165, 1.54) is 5.56 Å². The molecule has 158 valence electrons. The predicted octanol–water partition coefficient (Wildman–Crippen LogP) is 2.68. The Kier molecular flexibility index (Phi) is 9.06. The number of piperidine rings is 1. The van der Waals surface area contributed by atoms with Gasteiger partial charge in [0.25, 0.3) is 0 Å². The van der Waals surface area contributed by atoms with Crippen LogP contribution >= 0.6 is 0 Å². The van der Waals surface area contributed by atoms with Crippen LogP contribution in [0.4, 0.5) is 4.79 Å². The van der Waals surface area contributed by atoms with E-state index >= 15 is 0 Å². The third-order valence-electron chi connectivity index (χ3n) is 5.33. The van der Waals surface area contributed by atoms with E-state index in [0.717, 1.165) is 57.7 Å². The van der Waals surface area contributed by atoms with Gasteiger partial charge < -0.3 is 24.8 Å². The minimum atomic E-state index is 0.0773. The summed E-state index contributed by atoms with van der Waals surface area (Å²) in [6.45, 7) is 8.87. The van der Waals surface area contributed by atoms with Crippen molar-refractivity contribution in [3.05, 3.63) is 29.8 Å². The van der Waals surface area contributed by atoms with Crippen LogP contribution < -0.4 is 10.1 Å². The average Bonchev–Trinajstić information content (AvgIpc) is 2.67. The Balaban J connectivity index is 1.83. The Labute approximate surface area is 170 Å². The largest absolute Gasteiger partial charge is 0.497 e. The lowest BCUT2D eigenvalue weighted by atomic mass is 10.0. The lowest BCUT2D eigenvalue weighted by Crippen LogP contribution is -2.53. The Morgan fingerprint density at radius 3 is 2.36 bits per heavy atom. The van der Waals surface area contributed by atoms with Crippen molar-refractivity contribution in [3.8, 4) is 5.75 Å². The van der Waals surface area contributed by atoms with E-state index in [4.69, 9.17) is 4.74 Å². The quantitative estimate of drug-likeness (QED) is 0.704. The molecule has 0 spiro atoms. The summed E-state index contributed by atoms with van der Waals surface area (Å²) in [4.78, 5) is 19.4. The third kappa shape index (κ3) is 7.32. The van der Waals surface area contributed by atoms with Crippen LogP contribution in [0.5, 0.6) is 5.75 Å². The molecular formula is C22H38N4O2. The van der Waals surface area contributed by atoms with Crippen LogP contribution in [0, 0.1) is 0 Å². The van der Waals surface area contributed by atoms with E-state index in [1.807, 2.05) is 26.0 Å². The number of carbonyl (C=O) groups excluding carboxylic acids is 1. The molecule has 0 saturated carbocycles. The number of nitrogens with zero attached hydrogens (tertiary/aromatic N) is 3. The van der Waals surface area contributed by atoms with Crippen LogP contribution in [0.15, 0.2) is 24.3 Å². The van der Waals surface area contributed by atoms with Gasteiger partial charge in [-0.1, -0.05) is 12.1 Å². The van der Waals surface area contributed by atoms with Gasteiger partial charge in [-0.05, 0) is 64.9 Å². The first kappa shape index (κ1) is 22.5. The lowest BCUT2D eigenvalue weighted by Gasteiger charge is -2.39. The molecule has 1 aliphatic heterocycles. The monoisotopic (exact) mass is 390 g/mol. The molecule has 0 atom stereocenters. The summed E-state index contributed by atoms with van der Waals surface area (Å²) < 4.78 is 5.22. The average molecular weight is 391 g/mol. The van der Waals surface area contributed by atoms with Crippen LogP contribution in [-0.2, 0) is 6.42 Å². The van der Waals surface area contributed by atoms with Gasteiger partial charge in [0.05, 0.1) is 7.11 Å². The highest BCUT2D eigenvalue weighted by Gasteiger charge is 2.28. The summed E-state index contributed by atoms with van der Waals surface area (Å²) in [7, 11) is 5.81. The highest BCUT2D eigenvalue weighted by atomic mass is 16.5. The Hall–Kier alpha value is -1.79. The van der Waals surface area contributed by atoms with Crippen molar-refractivity contribution in [2.24, 2.45) is 0 Å². The van der Waals surface area contributed by atoms with Crippen molar-refractivity contribution < 1.29 is 9.53 Å². The predicted molar refractivity (Wildman–Crippen MR) is 115 cm³/mol. The van der Waals surface area contributed by atoms with Crippen molar-refractivity contribution in [2.75, 3.05) is 53.9 Å². The fourth-order valence-corrected chi connectivity index (χ4v) is 3.62. The van der Waals surface area contributed by atoms with Crippen LogP contribution in [0.2, 0.25) is 0 Å². The van der Waals surface area contributed by atoms with Gasteiger partial charge in [0.15, 0.2) is 0 Å². The molecule has 0 unspecified atom stereocenters. The number of nitrogens with one attached hydrogen (secondary N) is 1. The SMILES string of the molecule is COc1ccc(CCN2CCC(N(CCN(C)C)C(=O)NC(C)C)CC2)cc1. The van der Waals surface area contributed by atoms with E-state index in [9.17, 15) is 4.79 Å². The van der Waals surface area contributed by atoms with Gasteiger partial charge in [0.2, 0.25) is 0 Å². The summed E-state index contributed by atoms with van der Waals surface area (Å²) >= 11 is 0. The maximum absolute atomic E-state index is 12.7. The zero-order valence-corrected chi connectivity index (χ0v) is 18.3. The van der Waals surface area contributed by atoms with Gasteiger partial charge in [-0.3, -0.25) is 0 Å². The van der Waals surface area contributed by atoms with E-state index in [1.54, 1.807) is 7.11 Å². The molecular weight excluding hydrogens is 352 g/mol. The number of benzene rings is 1. The smallest absolute Gasteiger partial charge is 0.317 e. The first-order valence-electron chi connectivity index (χ1n) is 10.5. The molecule has 0 radical (unpaired) electrons. The highest BCUT2D eigenvalue weighted by Crippen LogP contribution is 2.18. The van der Waals surface area contributed by atoms with Gasteiger partial charge in [-0.2, -0.15) is 0 Å². The molecule has 1 aliphatic rings. The summed E-state index contributed by atoms with van der Waals surface area (Å²) in [5, 5.41) is 3.08. The Morgan fingerprint density at radius 1 is 1.18 bits per heavy atom. The molecule has 2 rings (SSSR count). The summed E-state index contributed by atoms with van der Waals surface area (Å²) in [6, 6.07) is 8.91. The molecule has 0 aliphatic carbocycles. The van der Waals surface area contributed by atoms with E-state index < -0.39 is 0 Å². The number of urea groups is 1. The highest BCUT2D eigenvalue weighted by molar-refractivity contribution is 5.74. The molecule has 28 heavy (non-hydrogen) atoms. The molecule has 1 saturated heterocycles. The van der Waals surface area contributed by atoms with Gasteiger partial charge >= 0.3 is 6.03 Å². The van der Waals surface area contributed by atoms with Crippen LogP contribution in [0.3, 0.4) is 0 Å². The van der Waals surface area contributed by atoms with Crippen LogP contribution in [0.25, 0.3) is 0 Å². The number of likely N-dealkylation sites (N-methyl/N-ethyl adjacent to an activating group) is 1. The number of methoxy groups -OCH3 is 1. The molecule has 0 bridgehead atoms. The molecule has 1 heterocycles. The van der Waals surface area contributed by atoms with Crippen molar-refractivity contribution in [1.82, 2.24) is 20.0 Å². The van der Waals surface area contributed by atoms with Gasteiger partial charge in [-0.15, -0.1) is 0 Å². The lowest BCUT2D eigenvalue weighted by molar-refractivity contribution is 0.115. The normalized spacial score (nSPS) is 15.8. The van der Waals surface area contributed by atoms with Gasteiger partial charge in [0.1, 0.15) is 5.75 Å². The molecule has 0 aromatic heterocycles. The fourth-order valence-electron chi connectivity index (χ4n) is 3.62. The second-order valence-electron chi connectivity index (χ2n) is 8.27. The minimum Gasteiger partial charge on any atom is -0.497 e. The first-order chi connectivity index (χ1) is 13.4. The van der Waals surface area contributed by atoms with Crippen molar-refractivity contribution in [3.63, 3.8) is 0 Å². The summed E-state index contributed by atoms with van der Waals surface area (Å²) in [5.74, 6) is 0.905. The summed E-state index contributed by atoms with van der Waals surface area (Å²) in [6.07, 6.45) is 3.13. The van der Waals surface area contributed by atoms with Gasteiger partial charge in [0, 0.05) is 44.8 Å². The standard InChI is InChI=1S/C22H38N4O2/c1-18(2)23-22(27)26(17-16-24(3)4)20-11-14-25(15-12-20)13-10-19-6-8-21(28-5)9-7-19/h6-9,18,20H,10-17H2,1-5H3,(H,23,27). The molecule has 1 aromatic rings. The van der Waals surface area contributed by atoms with E-state index in [2.05, 4.69) is 46.2 Å². The van der Waals surface area contributed by atoms with Crippen molar-refractivity contribution >= 4 is 6.03 Å². The van der Waals surface area contributed by atoms with Crippen molar-refractivity contribution in [1.29, 1.82) is 0 Å². The summed E-state index contributed by atoms with van der Waals surface area (Å²) in [5.41, 5.74) is 1.34. The van der Waals surface area contributed by atoms with E-state index in [-0.39, 0.29) is 12.1 Å². The number of rotatable bonds is 9. The number of carbonyl (C=O) groups is 1. The maximum Gasteiger partial charge on any atom is 0.317 e. The number of amides is 2. The fraction of sp³-hybridized carbons (Fsp3) is 0.682. The molecule has 1 N–H and O–H groups in total. The van der Waals surface area contributed by atoms with Gasteiger partial charge in [-0.25, -0.2) is 4.79 Å². The number of hydrogen-bond acceptors (Lipinski definition) is 4. The third-order valence-corrected chi connectivity index (χ3v) is 5.33. The van der Waals surface area contributed by atoms with Crippen LogP contribution in [0.1, 0.15) is 32.3 Å². The molecule has 6 heteroatoms.